The molecule has 0 aromatic heterocycles. The van der Waals surface area contributed by atoms with Gasteiger partial charge in [-0.15, -0.1) is 0 Å². The molecular weight excluding hydrogens is 164 g/mol. The van der Waals surface area contributed by atoms with Crippen LogP contribution < -0.4 is 0 Å². The number of rotatable bonds is 1. The summed E-state index contributed by atoms with van der Waals surface area (Å²) in [5.74, 6) is 0.179. The molecule has 0 aliphatic heterocycles. The maximum Gasteiger partial charge on any atom is 0.303 e. The molecule has 0 spiro atoms. The minimum atomic E-state index is -0.192. The second kappa shape index (κ2) is 3.17. The van der Waals surface area contributed by atoms with E-state index in [9.17, 15) is 4.79 Å². The first-order valence-corrected chi connectivity index (χ1v) is 4.71. The highest BCUT2D eigenvalue weighted by Gasteiger charge is 2.39. The van der Waals surface area contributed by atoms with Crippen molar-refractivity contribution in [3.8, 4) is 0 Å². The lowest BCUT2D eigenvalue weighted by molar-refractivity contribution is -0.147. The van der Waals surface area contributed by atoms with Gasteiger partial charge >= 0.3 is 5.97 Å². The molecule has 13 heavy (non-hydrogen) atoms. The lowest BCUT2D eigenvalue weighted by Crippen LogP contribution is -2.28. The van der Waals surface area contributed by atoms with Crippen molar-refractivity contribution < 1.29 is 9.53 Å². The quantitative estimate of drug-likeness (QED) is 0.460. The first-order valence-electron chi connectivity index (χ1n) is 4.71. The van der Waals surface area contributed by atoms with Gasteiger partial charge in [-0.1, -0.05) is 26.8 Å². The van der Waals surface area contributed by atoms with Crippen LogP contribution in [0.3, 0.4) is 0 Å². The predicted molar refractivity (Wildman–Crippen MR) is 52.3 cm³/mol. The van der Waals surface area contributed by atoms with E-state index in [1.807, 2.05) is 6.92 Å². The number of esters is 1. The van der Waals surface area contributed by atoms with Crippen molar-refractivity contribution in [2.24, 2.45) is 11.3 Å². The molecule has 0 fully saturated rings. The summed E-state index contributed by atoms with van der Waals surface area (Å²) in [6.07, 6.45) is 2.18. The summed E-state index contributed by atoms with van der Waals surface area (Å²) in [7, 11) is 0. The third kappa shape index (κ3) is 1.93. The predicted octanol–water partition coefficient (Wildman–Crippen LogP) is 2.54. The lowest BCUT2D eigenvalue weighted by Gasteiger charge is -2.27. The van der Waals surface area contributed by atoms with Crippen molar-refractivity contribution in [1.82, 2.24) is 0 Å². The van der Waals surface area contributed by atoms with Crippen LogP contribution in [-0.4, -0.2) is 12.1 Å². The van der Waals surface area contributed by atoms with Gasteiger partial charge in [-0.05, 0) is 17.9 Å². The summed E-state index contributed by atoms with van der Waals surface area (Å²) < 4.78 is 5.26. The summed E-state index contributed by atoms with van der Waals surface area (Å²) in [4.78, 5) is 10.9. The van der Waals surface area contributed by atoms with Gasteiger partial charge in [-0.25, -0.2) is 0 Å². The Hall–Kier alpha value is -0.790. The van der Waals surface area contributed by atoms with Gasteiger partial charge in [0.25, 0.3) is 0 Å². The Morgan fingerprint density at radius 1 is 1.54 bits per heavy atom. The molecule has 0 saturated heterocycles. The Morgan fingerprint density at radius 3 is 2.38 bits per heavy atom. The SMILES string of the molecule is CC(=O)O[C@@H]1C(C)=CC(C)(C)[C@@H]1C. The van der Waals surface area contributed by atoms with Crippen LogP contribution in [0.15, 0.2) is 11.6 Å². The number of hydrogen-bond donors (Lipinski definition) is 0. The van der Waals surface area contributed by atoms with E-state index < -0.39 is 0 Å². The molecule has 0 heterocycles. The van der Waals surface area contributed by atoms with Crippen LogP contribution in [-0.2, 0) is 9.53 Å². The fraction of sp³-hybridized carbons (Fsp3) is 0.727. The van der Waals surface area contributed by atoms with Crippen molar-refractivity contribution in [3.63, 3.8) is 0 Å². The largest absolute Gasteiger partial charge is 0.458 e. The Labute approximate surface area is 80.0 Å². The minimum Gasteiger partial charge on any atom is -0.458 e. The lowest BCUT2D eigenvalue weighted by atomic mass is 9.82. The van der Waals surface area contributed by atoms with Crippen LogP contribution in [0.5, 0.6) is 0 Å². The number of carbonyl (C=O) groups is 1. The molecule has 2 heteroatoms. The van der Waals surface area contributed by atoms with Gasteiger partial charge in [0.2, 0.25) is 0 Å². The number of hydrogen-bond acceptors (Lipinski definition) is 2. The van der Waals surface area contributed by atoms with Crippen LogP contribution >= 0.6 is 0 Å². The van der Waals surface area contributed by atoms with E-state index >= 15 is 0 Å². The average molecular weight is 182 g/mol. The van der Waals surface area contributed by atoms with Crippen LogP contribution in [0, 0.1) is 11.3 Å². The molecule has 0 unspecified atom stereocenters. The second-order valence-corrected chi connectivity index (χ2v) is 4.53. The summed E-state index contributed by atoms with van der Waals surface area (Å²) in [5.41, 5.74) is 1.32. The van der Waals surface area contributed by atoms with Crippen LogP contribution in [0.1, 0.15) is 34.6 Å². The standard InChI is InChI=1S/C11H18O2/c1-7-6-11(4,5)8(2)10(7)13-9(3)12/h6,8,10H,1-5H3/t8-,10-/m1/s1. The van der Waals surface area contributed by atoms with Crippen LogP contribution in [0.4, 0.5) is 0 Å². The molecule has 74 valence electrons. The van der Waals surface area contributed by atoms with E-state index in [4.69, 9.17) is 4.74 Å². The Morgan fingerprint density at radius 2 is 2.08 bits per heavy atom. The van der Waals surface area contributed by atoms with E-state index in [0.29, 0.717) is 5.92 Å². The molecule has 0 N–H and O–H groups in total. The Kier molecular flexibility index (Phi) is 2.51. The van der Waals surface area contributed by atoms with E-state index in [-0.39, 0.29) is 17.5 Å². The van der Waals surface area contributed by atoms with Gasteiger partial charge in [-0.2, -0.15) is 0 Å². The highest BCUT2D eigenvalue weighted by molar-refractivity contribution is 5.66. The average Bonchev–Trinajstić information content (AvgIpc) is 2.12. The maximum atomic E-state index is 10.9. The fourth-order valence-electron chi connectivity index (χ4n) is 1.96. The van der Waals surface area contributed by atoms with Crippen molar-refractivity contribution in [2.45, 2.75) is 40.7 Å². The van der Waals surface area contributed by atoms with E-state index in [0.717, 1.165) is 0 Å². The Bertz CT molecular complexity index is 251. The molecule has 0 saturated carbocycles. The number of carbonyl (C=O) groups excluding carboxylic acids is 1. The Balaban J connectivity index is 2.79. The first-order chi connectivity index (χ1) is 5.84. The summed E-state index contributed by atoms with van der Waals surface area (Å²) in [6.45, 7) is 9.96. The third-order valence-electron chi connectivity index (χ3n) is 2.97. The van der Waals surface area contributed by atoms with Gasteiger partial charge in [-0.3, -0.25) is 4.79 Å². The van der Waals surface area contributed by atoms with Crippen molar-refractivity contribution in [2.75, 3.05) is 0 Å². The summed E-state index contributed by atoms with van der Waals surface area (Å²) in [6, 6.07) is 0. The van der Waals surface area contributed by atoms with Gasteiger partial charge in [0.15, 0.2) is 0 Å². The van der Waals surface area contributed by atoms with Gasteiger partial charge < -0.3 is 4.74 Å². The molecule has 2 atom stereocenters. The molecule has 0 amide bonds. The number of allylic oxidation sites excluding steroid dienone is 1. The topological polar surface area (TPSA) is 26.3 Å². The molecule has 0 bridgehead atoms. The highest BCUT2D eigenvalue weighted by atomic mass is 16.5. The molecular formula is C11H18O2. The number of ether oxygens (including phenoxy) is 1. The highest BCUT2D eigenvalue weighted by Crippen LogP contribution is 2.41. The van der Waals surface area contributed by atoms with Gasteiger partial charge in [0.05, 0.1) is 0 Å². The summed E-state index contributed by atoms with van der Waals surface area (Å²) >= 11 is 0. The van der Waals surface area contributed by atoms with Crippen molar-refractivity contribution in [3.05, 3.63) is 11.6 Å². The molecule has 1 aliphatic rings. The zero-order valence-corrected chi connectivity index (χ0v) is 9.05. The summed E-state index contributed by atoms with van der Waals surface area (Å²) in [5, 5.41) is 0. The maximum absolute atomic E-state index is 10.9. The second-order valence-electron chi connectivity index (χ2n) is 4.53. The normalized spacial score (nSPS) is 31.3. The van der Waals surface area contributed by atoms with E-state index in [2.05, 4.69) is 26.8 Å². The van der Waals surface area contributed by atoms with Gasteiger partial charge in [0.1, 0.15) is 6.10 Å². The first kappa shape index (κ1) is 10.3. The molecule has 0 radical (unpaired) electrons. The molecule has 1 aliphatic carbocycles. The minimum absolute atomic E-state index is 0.0208. The van der Waals surface area contributed by atoms with Crippen LogP contribution in [0.25, 0.3) is 0 Å². The molecule has 2 nitrogen and oxygen atoms in total. The molecule has 0 aromatic rings. The van der Waals surface area contributed by atoms with Gasteiger partial charge in [0, 0.05) is 12.8 Å². The van der Waals surface area contributed by atoms with Crippen LogP contribution in [0.2, 0.25) is 0 Å². The van der Waals surface area contributed by atoms with E-state index in [1.165, 1.54) is 12.5 Å². The molecule has 1 rings (SSSR count). The third-order valence-corrected chi connectivity index (χ3v) is 2.97. The fourth-order valence-corrected chi connectivity index (χ4v) is 1.96. The molecule has 0 aromatic carbocycles. The monoisotopic (exact) mass is 182 g/mol. The van der Waals surface area contributed by atoms with Crippen molar-refractivity contribution in [1.29, 1.82) is 0 Å². The smallest absolute Gasteiger partial charge is 0.303 e. The zero-order chi connectivity index (χ0) is 10.2. The van der Waals surface area contributed by atoms with Crippen molar-refractivity contribution >= 4 is 5.97 Å². The zero-order valence-electron chi connectivity index (χ0n) is 9.05. The van der Waals surface area contributed by atoms with E-state index in [1.54, 1.807) is 0 Å².